The summed E-state index contributed by atoms with van der Waals surface area (Å²) in [6.45, 7) is 8.50. The molecular formula is C12H21N3S. The SMILES string of the molecule is CCc1nc(CN2CCC(C)(CN)C2)cs1. The van der Waals surface area contributed by atoms with Crippen molar-refractivity contribution in [1.29, 1.82) is 0 Å². The van der Waals surface area contributed by atoms with Crippen LogP contribution in [0.1, 0.15) is 31.0 Å². The molecule has 1 fully saturated rings. The van der Waals surface area contributed by atoms with Gasteiger partial charge in [-0.05, 0) is 31.3 Å². The first-order chi connectivity index (χ1) is 7.65. The molecule has 0 saturated carbocycles. The van der Waals surface area contributed by atoms with Crippen LogP contribution in [0.3, 0.4) is 0 Å². The molecule has 2 N–H and O–H groups in total. The molecule has 16 heavy (non-hydrogen) atoms. The zero-order valence-electron chi connectivity index (χ0n) is 10.2. The van der Waals surface area contributed by atoms with Crippen molar-refractivity contribution in [2.75, 3.05) is 19.6 Å². The summed E-state index contributed by atoms with van der Waals surface area (Å²) in [4.78, 5) is 7.08. The lowest BCUT2D eigenvalue weighted by atomic mass is 9.90. The van der Waals surface area contributed by atoms with Gasteiger partial charge < -0.3 is 5.73 Å². The molecule has 1 aliphatic heterocycles. The highest BCUT2D eigenvalue weighted by atomic mass is 32.1. The van der Waals surface area contributed by atoms with Crippen molar-refractivity contribution in [3.05, 3.63) is 16.1 Å². The first-order valence-corrected chi connectivity index (χ1v) is 6.89. The maximum atomic E-state index is 5.81. The second kappa shape index (κ2) is 4.82. The van der Waals surface area contributed by atoms with Crippen molar-refractivity contribution in [3.63, 3.8) is 0 Å². The van der Waals surface area contributed by atoms with E-state index in [4.69, 9.17) is 5.73 Å². The zero-order valence-corrected chi connectivity index (χ0v) is 11.0. The average Bonchev–Trinajstić information content (AvgIpc) is 2.87. The van der Waals surface area contributed by atoms with Crippen LogP contribution >= 0.6 is 11.3 Å². The highest BCUT2D eigenvalue weighted by Gasteiger charge is 2.32. The van der Waals surface area contributed by atoms with Crippen LogP contribution in [0.4, 0.5) is 0 Å². The van der Waals surface area contributed by atoms with E-state index in [2.05, 4.69) is 29.1 Å². The van der Waals surface area contributed by atoms with Crippen LogP contribution in [0.5, 0.6) is 0 Å². The number of rotatable bonds is 4. The van der Waals surface area contributed by atoms with E-state index in [1.807, 2.05) is 0 Å². The lowest BCUT2D eigenvalue weighted by molar-refractivity contribution is 0.272. The monoisotopic (exact) mass is 239 g/mol. The van der Waals surface area contributed by atoms with Crippen molar-refractivity contribution in [1.82, 2.24) is 9.88 Å². The summed E-state index contributed by atoms with van der Waals surface area (Å²) in [7, 11) is 0. The standard InChI is InChI=1S/C12H21N3S/c1-3-11-14-10(7-16-11)6-15-5-4-12(2,8-13)9-15/h7H,3-6,8-9,13H2,1-2H3. The molecular weight excluding hydrogens is 218 g/mol. The lowest BCUT2D eigenvalue weighted by Crippen LogP contribution is -2.31. The maximum absolute atomic E-state index is 5.81. The van der Waals surface area contributed by atoms with Crippen LogP contribution in [0.15, 0.2) is 5.38 Å². The maximum Gasteiger partial charge on any atom is 0.0926 e. The molecule has 2 heterocycles. The Balaban J connectivity index is 1.91. The van der Waals surface area contributed by atoms with Gasteiger partial charge in [0.1, 0.15) is 0 Å². The Hall–Kier alpha value is -0.450. The molecule has 0 aliphatic carbocycles. The summed E-state index contributed by atoms with van der Waals surface area (Å²) in [6.07, 6.45) is 2.26. The quantitative estimate of drug-likeness (QED) is 0.872. The number of aromatic nitrogens is 1. The van der Waals surface area contributed by atoms with Gasteiger partial charge in [-0.1, -0.05) is 13.8 Å². The normalized spacial score (nSPS) is 26.4. The summed E-state index contributed by atoms with van der Waals surface area (Å²) in [5.41, 5.74) is 7.36. The van der Waals surface area contributed by atoms with Gasteiger partial charge in [0.25, 0.3) is 0 Å². The third kappa shape index (κ3) is 2.62. The molecule has 1 aromatic heterocycles. The number of nitrogens with two attached hydrogens (primary N) is 1. The minimum Gasteiger partial charge on any atom is -0.330 e. The smallest absolute Gasteiger partial charge is 0.0926 e. The minimum absolute atomic E-state index is 0.323. The Morgan fingerprint density at radius 1 is 1.62 bits per heavy atom. The highest BCUT2D eigenvalue weighted by Crippen LogP contribution is 2.29. The number of thiazole rings is 1. The summed E-state index contributed by atoms with van der Waals surface area (Å²) in [5, 5.41) is 3.44. The second-order valence-electron chi connectivity index (χ2n) is 5.06. The van der Waals surface area contributed by atoms with Crippen molar-refractivity contribution in [2.24, 2.45) is 11.1 Å². The fraction of sp³-hybridized carbons (Fsp3) is 0.750. The van der Waals surface area contributed by atoms with Crippen molar-refractivity contribution in [2.45, 2.75) is 33.2 Å². The number of hydrogen-bond donors (Lipinski definition) is 1. The van der Waals surface area contributed by atoms with E-state index >= 15 is 0 Å². The number of nitrogens with zero attached hydrogens (tertiary/aromatic N) is 2. The molecule has 4 heteroatoms. The molecule has 2 rings (SSSR count). The van der Waals surface area contributed by atoms with Crippen LogP contribution in [0.25, 0.3) is 0 Å². The van der Waals surface area contributed by atoms with Crippen LogP contribution in [0.2, 0.25) is 0 Å². The fourth-order valence-electron chi connectivity index (χ4n) is 2.24. The lowest BCUT2D eigenvalue weighted by Gasteiger charge is -2.22. The fourth-order valence-corrected chi connectivity index (χ4v) is 2.98. The third-order valence-corrected chi connectivity index (χ3v) is 4.46. The number of likely N-dealkylation sites (tertiary alicyclic amines) is 1. The van der Waals surface area contributed by atoms with Gasteiger partial charge in [-0.25, -0.2) is 4.98 Å². The van der Waals surface area contributed by atoms with Crippen LogP contribution < -0.4 is 5.73 Å². The van der Waals surface area contributed by atoms with Gasteiger partial charge in [0.15, 0.2) is 0 Å². The summed E-state index contributed by atoms with van der Waals surface area (Å²) >= 11 is 1.78. The van der Waals surface area contributed by atoms with E-state index in [1.165, 1.54) is 17.1 Å². The van der Waals surface area contributed by atoms with Gasteiger partial charge in [0.2, 0.25) is 0 Å². The van der Waals surface area contributed by atoms with Crippen molar-refractivity contribution in [3.8, 4) is 0 Å². The van der Waals surface area contributed by atoms with Gasteiger partial charge in [-0.15, -0.1) is 11.3 Å². The Kier molecular flexibility index (Phi) is 3.62. The first kappa shape index (κ1) is 12.0. The molecule has 1 saturated heterocycles. The van der Waals surface area contributed by atoms with E-state index < -0.39 is 0 Å². The van der Waals surface area contributed by atoms with Crippen molar-refractivity contribution >= 4 is 11.3 Å². The van der Waals surface area contributed by atoms with Crippen LogP contribution in [0, 0.1) is 5.41 Å². The Morgan fingerprint density at radius 2 is 2.44 bits per heavy atom. The molecule has 0 aromatic carbocycles. The molecule has 1 unspecified atom stereocenters. The Labute approximate surface area is 102 Å². The van der Waals surface area contributed by atoms with Gasteiger partial charge >= 0.3 is 0 Å². The van der Waals surface area contributed by atoms with E-state index in [-0.39, 0.29) is 0 Å². The van der Waals surface area contributed by atoms with Crippen molar-refractivity contribution < 1.29 is 0 Å². The Morgan fingerprint density at radius 3 is 3.00 bits per heavy atom. The molecule has 1 aliphatic rings. The molecule has 0 bridgehead atoms. The molecule has 0 amide bonds. The highest BCUT2D eigenvalue weighted by molar-refractivity contribution is 7.09. The van der Waals surface area contributed by atoms with Crippen LogP contribution in [-0.2, 0) is 13.0 Å². The average molecular weight is 239 g/mol. The Bertz CT molecular complexity index is 350. The molecule has 0 radical (unpaired) electrons. The number of hydrogen-bond acceptors (Lipinski definition) is 4. The van der Waals surface area contributed by atoms with E-state index in [0.717, 1.165) is 32.6 Å². The third-order valence-electron chi connectivity index (χ3n) is 3.42. The predicted molar refractivity (Wildman–Crippen MR) is 68.5 cm³/mol. The molecule has 1 atom stereocenters. The molecule has 3 nitrogen and oxygen atoms in total. The van der Waals surface area contributed by atoms with E-state index in [9.17, 15) is 0 Å². The molecule has 1 aromatic rings. The topological polar surface area (TPSA) is 42.2 Å². The van der Waals surface area contributed by atoms with Gasteiger partial charge in [0.05, 0.1) is 10.7 Å². The zero-order chi connectivity index (χ0) is 11.6. The summed E-state index contributed by atoms with van der Waals surface area (Å²) in [5.74, 6) is 0. The van der Waals surface area contributed by atoms with E-state index in [1.54, 1.807) is 11.3 Å². The van der Waals surface area contributed by atoms with Gasteiger partial charge in [0, 0.05) is 18.5 Å². The first-order valence-electron chi connectivity index (χ1n) is 6.01. The van der Waals surface area contributed by atoms with Gasteiger partial charge in [-0.2, -0.15) is 0 Å². The summed E-state index contributed by atoms with van der Waals surface area (Å²) in [6, 6.07) is 0. The van der Waals surface area contributed by atoms with Gasteiger partial charge in [-0.3, -0.25) is 4.90 Å². The largest absolute Gasteiger partial charge is 0.330 e. The van der Waals surface area contributed by atoms with Crippen LogP contribution in [-0.4, -0.2) is 29.5 Å². The molecule has 90 valence electrons. The number of aryl methyl sites for hydroxylation is 1. The minimum atomic E-state index is 0.323. The predicted octanol–water partition coefficient (Wildman–Crippen LogP) is 1.88. The second-order valence-corrected chi connectivity index (χ2v) is 6.00. The van der Waals surface area contributed by atoms with E-state index in [0.29, 0.717) is 5.41 Å². The molecule has 0 spiro atoms. The summed E-state index contributed by atoms with van der Waals surface area (Å²) < 4.78 is 0.